The second kappa shape index (κ2) is 6.31. The van der Waals surface area contributed by atoms with E-state index >= 15 is 0 Å². The molecule has 3 N–H and O–H groups in total. The largest absolute Gasteiger partial charge is 0.391 e. The summed E-state index contributed by atoms with van der Waals surface area (Å²) >= 11 is 5.62. The van der Waals surface area contributed by atoms with Gasteiger partial charge in [-0.1, -0.05) is 41.9 Å². The van der Waals surface area contributed by atoms with Gasteiger partial charge in [0.25, 0.3) is 0 Å². The fourth-order valence-electron chi connectivity index (χ4n) is 2.02. The van der Waals surface area contributed by atoms with Crippen molar-refractivity contribution < 1.29 is 13.9 Å². The van der Waals surface area contributed by atoms with Crippen LogP contribution in [0.5, 0.6) is 0 Å². The quantitative estimate of drug-likeness (QED) is 0.851. The fourth-order valence-corrected chi connectivity index (χ4v) is 2.19. The van der Waals surface area contributed by atoms with Crippen LogP contribution in [0.1, 0.15) is 17.2 Å². The molecule has 0 unspecified atom stereocenters. The van der Waals surface area contributed by atoms with E-state index in [2.05, 4.69) is 0 Å². The molecule has 0 saturated heterocycles. The maximum absolute atomic E-state index is 13.8. The molecule has 106 valence electrons. The van der Waals surface area contributed by atoms with Crippen molar-refractivity contribution in [1.29, 1.82) is 0 Å². The summed E-state index contributed by atoms with van der Waals surface area (Å²) in [5, 5.41) is 9.84. The van der Waals surface area contributed by atoms with Crippen LogP contribution in [0.25, 0.3) is 0 Å². The molecule has 2 aromatic rings. The highest BCUT2D eigenvalue weighted by Gasteiger charge is 2.25. The number of hydrogen-bond acceptors (Lipinski definition) is 2. The van der Waals surface area contributed by atoms with Gasteiger partial charge < -0.3 is 10.8 Å². The van der Waals surface area contributed by atoms with Crippen molar-refractivity contribution in [1.82, 2.24) is 0 Å². The number of aliphatic hydroxyl groups excluding tert-OH is 1. The number of hydrogen-bond donors (Lipinski definition) is 2. The number of rotatable bonds is 4. The molecule has 0 saturated carbocycles. The average molecular weight is 298 g/mol. The van der Waals surface area contributed by atoms with Gasteiger partial charge in [-0.15, -0.1) is 0 Å². The smallest absolute Gasteiger partial charge is 0.149 e. The molecule has 0 amide bonds. The van der Waals surface area contributed by atoms with Crippen molar-refractivity contribution in [2.75, 3.05) is 0 Å². The summed E-state index contributed by atoms with van der Waals surface area (Å²) < 4.78 is 27.5. The molecule has 20 heavy (non-hydrogen) atoms. The molecule has 2 nitrogen and oxygen atoms in total. The number of benzene rings is 2. The van der Waals surface area contributed by atoms with Crippen LogP contribution >= 0.6 is 11.6 Å². The van der Waals surface area contributed by atoms with Crippen LogP contribution in [0.3, 0.4) is 0 Å². The lowest BCUT2D eigenvalue weighted by Crippen LogP contribution is -2.30. The Bertz CT molecular complexity index is 592. The zero-order valence-electron chi connectivity index (χ0n) is 10.6. The van der Waals surface area contributed by atoms with Crippen molar-refractivity contribution in [3.05, 3.63) is 70.2 Å². The molecule has 0 aromatic heterocycles. The molecule has 2 rings (SSSR count). The lowest BCUT2D eigenvalue weighted by molar-refractivity contribution is 0.141. The van der Waals surface area contributed by atoms with Crippen LogP contribution in [-0.2, 0) is 6.42 Å². The maximum Gasteiger partial charge on any atom is 0.149 e. The molecule has 0 aliphatic carbocycles. The molecule has 2 aromatic carbocycles. The van der Waals surface area contributed by atoms with Crippen LogP contribution in [0.2, 0.25) is 5.02 Å². The van der Waals surface area contributed by atoms with Gasteiger partial charge in [-0.25, -0.2) is 8.78 Å². The molecule has 0 spiro atoms. The molecule has 0 bridgehead atoms. The second-order valence-electron chi connectivity index (χ2n) is 4.54. The first-order chi connectivity index (χ1) is 9.50. The van der Waals surface area contributed by atoms with E-state index in [9.17, 15) is 13.9 Å². The predicted octanol–water partition coefficient (Wildman–Crippen LogP) is 3.22. The monoisotopic (exact) mass is 297 g/mol. The van der Waals surface area contributed by atoms with E-state index in [-0.39, 0.29) is 17.0 Å². The number of halogens is 3. The zero-order chi connectivity index (χ0) is 14.7. The van der Waals surface area contributed by atoms with Crippen LogP contribution in [0, 0.1) is 11.6 Å². The van der Waals surface area contributed by atoms with Gasteiger partial charge >= 0.3 is 0 Å². The van der Waals surface area contributed by atoms with Gasteiger partial charge in [0.15, 0.2) is 0 Å². The van der Waals surface area contributed by atoms with Gasteiger partial charge in [0.05, 0.1) is 17.2 Å². The summed E-state index contributed by atoms with van der Waals surface area (Å²) in [5.41, 5.74) is 6.21. The van der Waals surface area contributed by atoms with Crippen LogP contribution in [-0.4, -0.2) is 11.2 Å². The summed E-state index contributed by atoms with van der Waals surface area (Å²) in [6, 6.07) is 10.0. The number of aliphatic hydroxyl groups is 1. The predicted molar refractivity (Wildman–Crippen MR) is 74.4 cm³/mol. The van der Waals surface area contributed by atoms with Gasteiger partial charge in [0.1, 0.15) is 11.6 Å². The van der Waals surface area contributed by atoms with E-state index in [4.69, 9.17) is 17.3 Å². The Hall–Kier alpha value is -1.49. The first kappa shape index (κ1) is 14.9. The topological polar surface area (TPSA) is 46.2 Å². The molecule has 0 aliphatic rings. The van der Waals surface area contributed by atoms with Gasteiger partial charge in [-0.3, -0.25) is 0 Å². The fraction of sp³-hybridized carbons (Fsp3) is 0.200. The first-order valence-corrected chi connectivity index (χ1v) is 6.49. The Balaban J connectivity index is 2.23. The highest BCUT2D eigenvalue weighted by Crippen LogP contribution is 2.27. The zero-order valence-corrected chi connectivity index (χ0v) is 11.3. The maximum atomic E-state index is 13.8. The van der Waals surface area contributed by atoms with Crippen LogP contribution < -0.4 is 5.73 Å². The normalized spacial score (nSPS) is 14.1. The van der Waals surface area contributed by atoms with E-state index in [1.807, 2.05) is 18.2 Å². The Morgan fingerprint density at radius 3 is 2.40 bits per heavy atom. The second-order valence-corrected chi connectivity index (χ2v) is 4.95. The van der Waals surface area contributed by atoms with E-state index in [0.717, 1.165) is 17.7 Å². The Morgan fingerprint density at radius 2 is 1.75 bits per heavy atom. The van der Waals surface area contributed by atoms with Gasteiger partial charge in [-0.05, 0) is 17.7 Å². The summed E-state index contributed by atoms with van der Waals surface area (Å²) in [5.74, 6) is -1.74. The van der Waals surface area contributed by atoms with Crippen molar-refractivity contribution in [3.63, 3.8) is 0 Å². The van der Waals surface area contributed by atoms with E-state index in [1.165, 1.54) is 0 Å². The summed E-state index contributed by atoms with van der Waals surface area (Å²) in [6.07, 6.45) is -0.909. The highest BCUT2D eigenvalue weighted by molar-refractivity contribution is 6.30. The van der Waals surface area contributed by atoms with Crippen molar-refractivity contribution in [2.45, 2.75) is 18.6 Å². The average Bonchev–Trinajstić information content (AvgIpc) is 2.44. The van der Waals surface area contributed by atoms with Crippen LogP contribution in [0.4, 0.5) is 8.78 Å². The third-order valence-corrected chi connectivity index (χ3v) is 3.41. The molecular weight excluding hydrogens is 284 g/mol. The van der Waals surface area contributed by atoms with Gasteiger partial charge in [0, 0.05) is 12.0 Å². The molecule has 0 radical (unpaired) electrons. The minimum atomic E-state index is -1.19. The summed E-state index contributed by atoms with van der Waals surface area (Å²) in [4.78, 5) is 0. The minimum absolute atomic E-state index is 0.202. The lowest BCUT2D eigenvalue weighted by atomic mass is 9.96. The Kier molecular flexibility index (Phi) is 4.70. The van der Waals surface area contributed by atoms with E-state index < -0.39 is 23.8 Å². The Labute approximate surface area is 120 Å². The third-order valence-electron chi connectivity index (χ3n) is 3.11. The lowest BCUT2D eigenvalue weighted by Gasteiger charge is -2.20. The SMILES string of the molecule is N[C@H](c1c(F)ccc(Cl)c1F)[C@@H](O)Cc1ccccc1. The van der Waals surface area contributed by atoms with Crippen molar-refractivity contribution in [3.8, 4) is 0 Å². The van der Waals surface area contributed by atoms with Gasteiger partial charge in [0.2, 0.25) is 0 Å². The van der Waals surface area contributed by atoms with Crippen LogP contribution in [0.15, 0.2) is 42.5 Å². The first-order valence-electron chi connectivity index (χ1n) is 6.11. The van der Waals surface area contributed by atoms with E-state index in [0.29, 0.717) is 0 Å². The van der Waals surface area contributed by atoms with Gasteiger partial charge in [-0.2, -0.15) is 0 Å². The summed E-state index contributed by atoms with van der Waals surface area (Å²) in [7, 11) is 0. The molecule has 0 aliphatic heterocycles. The molecule has 2 atom stereocenters. The molecular formula is C15H14ClF2NO. The summed E-state index contributed by atoms with van der Waals surface area (Å²) in [6.45, 7) is 0. The van der Waals surface area contributed by atoms with Crippen molar-refractivity contribution >= 4 is 11.6 Å². The number of nitrogens with two attached hydrogens (primary N) is 1. The van der Waals surface area contributed by atoms with Crippen molar-refractivity contribution in [2.24, 2.45) is 5.73 Å². The minimum Gasteiger partial charge on any atom is -0.391 e. The standard InChI is InChI=1S/C15H14ClF2NO/c16-10-6-7-11(17)13(14(10)18)15(19)12(20)8-9-4-2-1-3-5-9/h1-7,12,15,20H,8,19H2/t12-,15-/m0/s1. The van der Waals surface area contributed by atoms with E-state index in [1.54, 1.807) is 12.1 Å². The third kappa shape index (κ3) is 3.15. The molecule has 0 fully saturated rings. The highest BCUT2D eigenvalue weighted by atomic mass is 35.5. The molecule has 0 heterocycles. The molecule has 5 heteroatoms. The Morgan fingerprint density at radius 1 is 1.10 bits per heavy atom.